The monoisotopic (exact) mass is 463 g/mol. The predicted octanol–water partition coefficient (Wildman–Crippen LogP) is 4.09. The Hall–Kier alpha value is -3.85. The number of amides is 1. The van der Waals surface area contributed by atoms with Gasteiger partial charge in [0.25, 0.3) is 11.5 Å². The summed E-state index contributed by atoms with van der Waals surface area (Å²) in [6.07, 6.45) is 0. The number of ketones is 1. The fourth-order valence-corrected chi connectivity index (χ4v) is 5.02. The van der Waals surface area contributed by atoms with Gasteiger partial charge in [0.15, 0.2) is 12.4 Å². The van der Waals surface area contributed by atoms with Crippen molar-refractivity contribution in [3.63, 3.8) is 0 Å². The third-order valence-corrected chi connectivity index (χ3v) is 6.55. The van der Waals surface area contributed by atoms with Crippen LogP contribution in [0.5, 0.6) is 5.75 Å². The molecule has 1 aliphatic rings. The van der Waals surface area contributed by atoms with E-state index in [4.69, 9.17) is 4.74 Å². The van der Waals surface area contributed by atoms with Gasteiger partial charge >= 0.3 is 0 Å². The number of ether oxygens (including phenoxy) is 1. The maximum atomic E-state index is 13.5. The van der Waals surface area contributed by atoms with Crippen LogP contribution in [0.2, 0.25) is 0 Å². The molecule has 0 radical (unpaired) electrons. The Morgan fingerprint density at radius 2 is 1.94 bits per heavy atom. The molecule has 0 atom stereocenters. The number of hydrogen-bond acceptors (Lipinski definition) is 6. The lowest BCUT2D eigenvalue weighted by Gasteiger charge is -2.18. The summed E-state index contributed by atoms with van der Waals surface area (Å²) in [6, 6.07) is 10.7. The number of carbonyl (C=O) groups is 2. The molecule has 0 bridgehead atoms. The van der Waals surface area contributed by atoms with Gasteiger partial charge in [-0.3, -0.25) is 19.0 Å². The van der Waals surface area contributed by atoms with Crippen molar-refractivity contribution < 1.29 is 18.7 Å². The van der Waals surface area contributed by atoms with Crippen LogP contribution in [0.4, 0.5) is 10.1 Å². The Labute approximate surface area is 191 Å². The Morgan fingerprint density at radius 3 is 2.70 bits per heavy atom. The number of thiophene rings is 1. The maximum absolute atomic E-state index is 13.5. The van der Waals surface area contributed by atoms with E-state index in [0.717, 1.165) is 4.88 Å². The molecule has 0 saturated carbocycles. The zero-order valence-electron chi connectivity index (χ0n) is 17.8. The zero-order valence-corrected chi connectivity index (χ0v) is 18.6. The van der Waals surface area contributed by atoms with Crippen molar-refractivity contribution in [3.05, 3.63) is 74.9 Å². The Balaban J connectivity index is 1.56. The summed E-state index contributed by atoms with van der Waals surface area (Å²) in [5.74, 6) is -0.0589. The first-order chi connectivity index (χ1) is 15.8. The normalized spacial score (nSPS) is 12.9. The smallest absolute Gasteiger partial charge is 0.263 e. The number of carbonyl (C=O) groups excluding carboxylic acids is 2. The van der Waals surface area contributed by atoms with Crippen LogP contribution in [0.1, 0.15) is 21.1 Å². The summed E-state index contributed by atoms with van der Waals surface area (Å²) < 4.78 is 20.1. The topological polar surface area (TPSA) is 90.3 Å². The molecule has 166 valence electrons. The quantitative estimate of drug-likeness (QED) is 0.461. The second kappa shape index (κ2) is 7.93. The van der Waals surface area contributed by atoms with E-state index < -0.39 is 0 Å². The largest absolute Gasteiger partial charge is 0.482 e. The van der Waals surface area contributed by atoms with Gasteiger partial charge in [0.2, 0.25) is 0 Å². The molecule has 9 heteroatoms. The van der Waals surface area contributed by atoms with Gasteiger partial charge in [-0.05, 0) is 49.7 Å². The molecule has 5 rings (SSSR count). The van der Waals surface area contributed by atoms with E-state index in [0.29, 0.717) is 44.2 Å². The molecule has 1 N–H and O–H groups in total. The molecule has 0 spiro atoms. The lowest BCUT2D eigenvalue weighted by Crippen LogP contribution is -2.28. The summed E-state index contributed by atoms with van der Waals surface area (Å²) in [5, 5.41) is 3.09. The Kier molecular flexibility index (Phi) is 5.05. The Bertz CT molecular complexity index is 1510. The SMILES string of the molecule is Cc1sc2nc(C)n(CC(=O)c3ccc4c(c3)NC(=O)CO4)c(=O)c2c1-c1ccc(F)cc1. The molecular formula is C24H18FN3O4S. The van der Waals surface area contributed by atoms with Gasteiger partial charge in [-0.25, -0.2) is 9.37 Å². The van der Waals surface area contributed by atoms with E-state index in [1.54, 1.807) is 37.3 Å². The predicted molar refractivity (Wildman–Crippen MR) is 124 cm³/mol. The van der Waals surface area contributed by atoms with Crippen molar-refractivity contribution >= 4 is 38.9 Å². The molecule has 1 amide bonds. The third kappa shape index (κ3) is 3.70. The molecule has 0 fully saturated rings. The van der Waals surface area contributed by atoms with Crippen LogP contribution >= 0.6 is 11.3 Å². The van der Waals surface area contributed by atoms with E-state index in [9.17, 15) is 18.8 Å². The van der Waals surface area contributed by atoms with Gasteiger partial charge in [-0.15, -0.1) is 11.3 Å². The lowest BCUT2D eigenvalue weighted by atomic mass is 10.0. The number of nitrogens with one attached hydrogen (secondary N) is 1. The van der Waals surface area contributed by atoms with Gasteiger partial charge in [0, 0.05) is 16.0 Å². The Morgan fingerprint density at radius 1 is 1.18 bits per heavy atom. The summed E-state index contributed by atoms with van der Waals surface area (Å²) in [4.78, 5) is 44.1. The maximum Gasteiger partial charge on any atom is 0.263 e. The lowest BCUT2D eigenvalue weighted by molar-refractivity contribution is -0.118. The average molecular weight is 463 g/mol. The number of nitrogens with zero attached hydrogens (tertiary/aromatic N) is 2. The van der Waals surface area contributed by atoms with Gasteiger partial charge < -0.3 is 10.1 Å². The molecular weight excluding hydrogens is 445 g/mol. The second-order valence-corrected chi connectivity index (χ2v) is 8.94. The first-order valence-electron chi connectivity index (χ1n) is 10.2. The number of Topliss-reactive ketones (excluding diaryl/α,β-unsaturated/α-hetero) is 1. The van der Waals surface area contributed by atoms with Crippen molar-refractivity contribution in [2.24, 2.45) is 0 Å². The molecule has 33 heavy (non-hydrogen) atoms. The molecule has 0 unspecified atom stereocenters. The van der Waals surface area contributed by atoms with Crippen molar-refractivity contribution in [3.8, 4) is 16.9 Å². The molecule has 1 aliphatic heterocycles. The first-order valence-corrected chi connectivity index (χ1v) is 11.0. The highest BCUT2D eigenvalue weighted by Gasteiger charge is 2.22. The van der Waals surface area contributed by atoms with Gasteiger partial charge in [-0.1, -0.05) is 12.1 Å². The molecule has 2 aromatic heterocycles. The van der Waals surface area contributed by atoms with E-state index in [1.165, 1.54) is 28.0 Å². The average Bonchev–Trinajstić information content (AvgIpc) is 3.12. The molecule has 0 saturated heterocycles. The van der Waals surface area contributed by atoms with Crippen LogP contribution in [0.25, 0.3) is 21.3 Å². The van der Waals surface area contributed by atoms with Crippen LogP contribution in [-0.4, -0.2) is 27.8 Å². The van der Waals surface area contributed by atoms with Gasteiger partial charge in [0.05, 0.1) is 17.6 Å². The minimum atomic E-state index is -0.362. The number of halogens is 1. The summed E-state index contributed by atoms with van der Waals surface area (Å²) in [5.41, 5.74) is 1.84. The van der Waals surface area contributed by atoms with Crippen LogP contribution in [0.3, 0.4) is 0 Å². The molecule has 3 heterocycles. The van der Waals surface area contributed by atoms with Crippen LogP contribution < -0.4 is 15.6 Å². The van der Waals surface area contributed by atoms with E-state index in [2.05, 4.69) is 10.3 Å². The molecule has 4 aromatic rings. The van der Waals surface area contributed by atoms with E-state index >= 15 is 0 Å². The minimum Gasteiger partial charge on any atom is -0.482 e. The van der Waals surface area contributed by atoms with Crippen molar-refractivity contribution in [1.82, 2.24) is 9.55 Å². The molecule has 0 aliphatic carbocycles. The summed E-state index contributed by atoms with van der Waals surface area (Å²) in [6.45, 7) is 3.29. The number of fused-ring (bicyclic) bond motifs is 2. The van der Waals surface area contributed by atoms with Crippen molar-refractivity contribution in [2.45, 2.75) is 20.4 Å². The van der Waals surface area contributed by atoms with Gasteiger partial charge in [-0.2, -0.15) is 0 Å². The van der Waals surface area contributed by atoms with Crippen LogP contribution in [-0.2, 0) is 11.3 Å². The van der Waals surface area contributed by atoms with E-state index in [1.807, 2.05) is 6.92 Å². The second-order valence-electron chi connectivity index (χ2n) is 7.74. The number of rotatable bonds is 4. The number of hydrogen-bond donors (Lipinski definition) is 1. The van der Waals surface area contributed by atoms with Crippen molar-refractivity contribution in [2.75, 3.05) is 11.9 Å². The number of aromatic nitrogens is 2. The zero-order chi connectivity index (χ0) is 23.3. The van der Waals surface area contributed by atoms with Crippen LogP contribution in [0.15, 0.2) is 47.3 Å². The standard InChI is InChI=1S/C24H18FN3O4S/c1-12-21(14-3-6-16(25)7-4-14)22-23(33-12)26-13(2)28(24(22)31)10-18(29)15-5-8-19-17(9-15)27-20(30)11-32-19/h3-9H,10-11H2,1-2H3,(H,27,30). The number of anilines is 1. The number of benzene rings is 2. The first kappa shape index (κ1) is 21.0. The highest BCUT2D eigenvalue weighted by atomic mass is 32.1. The minimum absolute atomic E-state index is 0.0724. The molecule has 7 nitrogen and oxygen atoms in total. The van der Waals surface area contributed by atoms with E-state index in [-0.39, 0.29) is 36.2 Å². The summed E-state index contributed by atoms with van der Waals surface area (Å²) >= 11 is 1.39. The fraction of sp³-hybridized carbons (Fsp3) is 0.167. The third-order valence-electron chi connectivity index (χ3n) is 5.55. The fourth-order valence-electron chi connectivity index (χ4n) is 3.94. The summed E-state index contributed by atoms with van der Waals surface area (Å²) in [7, 11) is 0. The van der Waals surface area contributed by atoms with Crippen molar-refractivity contribution in [1.29, 1.82) is 0 Å². The highest BCUT2D eigenvalue weighted by Crippen LogP contribution is 2.36. The highest BCUT2D eigenvalue weighted by molar-refractivity contribution is 7.19. The van der Waals surface area contributed by atoms with Gasteiger partial charge in [0.1, 0.15) is 22.2 Å². The number of aryl methyl sites for hydroxylation is 2. The van der Waals surface area contributed by atoms with Crippen LogP contribution in [0, 0.1) is 19.7 Å². The molecule has 2 aromatic carbocycles.